The Kier molecular flexibility index (Phi) is 5.90. The van der Waals surface area contributed by atoms with Crippen LogP contribution in [0, 0.1) is 25.5 Å². The number of hydrogen-bond acceptors (Lipinski definition) is 2. The molecule has 3 nitrogen and oxygen atoms in total. The lowest BCUT2D eigenvalue weighted by molar-refractivity contribution is 0.459. The van der Waals surface area contributed by atoms with Gasteiger partial charge in [-0.25, -0.2) is 13.8 Å². The lowest BCUT2D eigenvalue weighted by atomic mass is 10.1. The van der Waals surface area contributed by atoms with Crippen molar-refractivity contribution in [3.63, 3.8) is 0 Å². The van der Waals surface area contributed by atoms with E-state index in [0.29, 0.717) is 5.75 Å². The quantitative estimate of drug-likeness (QED) is 0.524. The Morgan fingerprint density at radius 2 is 1.71 bits per heavy atom. The molecule has 2 aromatic rings. The molecule has 0 aliphatic carbocycles. The molecule has 0 amide bonds. The maximum absolute atomic E-state index is 13.3. The van der Waals surface area contributed by atoms with E-state index in [0.717, 1.165) is 42.0 Å². The van der Waals surface area contributed by atoms with Gasteiger partial charge in [-0.3, -0.25) is 0 Å². The summed E-state index contributed by atoms with van der Waals surface area (Å²) in [5.41, 5.74) is 2.68. The minimum absolute atomic E-state index is 0.260. The largest absolute Gasteiger partial charge is 0.457 e. The van der Waals surface area contributed by atoms with Crippen LogP contribution in [0.4, 0.5) is 14.5 Å². The van der Waals surface area contributed by atoms with Crippen molar-refractivity contribution in [3.05, 3.63) is 53.1 Å². The highest BCUT2D eigenvalue weighted by atomic mass is 19.2. The van der Waals surface area contributed by atoms with Crippen LogP contribution in [0.1, 0.15) is 25.0 Å². The van der Waals surface area contributed by atoms with E-state index >= 15 is 0 Å². The van der Waals surface area contributed by atoms with Gasteiger partial charge in [0.1, 0.15) is 11.5 Å². The Morgan fingerprint density at radius 3 is 2.33 bits per heavy atom. The summed E-state index contributed by atoms with van der Waals surface area (Å²) in [6.07, 6.45) is 1.83. The molecule has 5 heteroatoms. The fourth-order valence-corrected chi connectivity index (χ4v) is 2.22. The molecule has 0 aromatic heterocycles. The molecule has 0 saturated carbocycles. The zero-order valence-electron chi connectivity index (χ0n) is 14.4. The molecule has 0 atom stereocenters. The molecule has 2 aromatic carbocycles. The van der Waals surface area contributed by atoms with Gasteiger partial charge in [0.05, 0.1) is 12.0 Å². The van der Waals surface area contributed by atoms with E-state index in [2.05, 4.69) is 23.7 Å². The van der Waals surface area contributed by atoms with Crippen molar-refractivity contribution >= 4 is 12.0 Å². The van der Waals surface area contributed by atoms with Gasteiger partial charge in [-0.15, -0.1) is 0 Å². The number of aliphatic imine (C=N–C) groups is 1. The summed E-state index contributed by atoms with van der Waals surface area (Å²) in [5.74, 6) is -0.963. The highest BCUT2D eigenvalue weighted by molar-refractivity contribution is 5.65. The molecule has 0 unspecified atom stereocenters. The fraction of sp³-hybridized carbons (Fsp3) is 0.316. The first-order valence-corrected chi connectivity index (χ1v) is 7.97. The van der Waals surface area contributed by atoms with E-state index in [9.17, 15) is 8.78 Å². The summed E-state index contributed by atoms with van der Waals surface area (Å²) in [5, 5.41) is 0. The van der Waals surface area contributed by atoms with Crippen LogP contribution in [-0.4, -0.2) is 24.3 Å². The third-order valence-electron chi connectivity index (χ3n) is 3.78. The van der Waals surface area contributed by atoms with Crippen molar-refractivity contribution < 1.29 is 13.5 Å². The van der Waals surface area contributed by atoms with Gasteiger partial charge in [0.15, 0.2) is 11.6 Å². The average Bonchev–Trinajstić information content (AvgIpc) is 2.56. The van der Waals surface area contributed by atoms with E-state index in [1.165, 1.54) is 6.07 Å². The summed E-state index contributed by atoms with van der Waals surface area (Å²) in [6, 6.07) is 7.27. The van der Waals surface area contributed by atoms with Crippen LogP contribution in [0.2, 0.25) is 0 Å². The predicted molar refractivity (Wildman–Crippen MR) is 93.4 cm³/mol. The summed E-state index contributed by atoms with van der Waals surface area (Å²) in [4.78, 5) is 6.62. The monoisotopic (exact) mass is 332 g/mol. The lowest BCUT2D eigenvalue weighted by Gasteiger charge is -2.15. The van der Waals surface area contributed by atoms with Crippen LogP contribution < -0.4 is 4.74 Å². The minimum Gasteiger partial charge on any atom is -0.457 e. The molecule has 0 aliphatic rings. The molecule has 0 spiro atoms. The van der Waals surface area contributed by atoms with Gasteiger partial charge < -0.3 is 9.64 Å². The predicted octanol–water partition coefficient (Wildman–Crippen LogP) is 5.38. The molecule has 0 heterocycles. The highest BCUT2D eigenvalue weighted by Crippen LogP contribution is 2.31. The number of rotatable bonds is 6. The summed E-state index contributed by atoms with van der Waals surface area (Å²) < 4.78 is 32.0. The smallest absolute Gasteiger partial charge is 0.162 e. The van der Waals surface area contributed by atoms with E-state index in [1.807, 2.05) is 32.3 Å². The van der Waals surface area contributed by atoms with Crippen molar-refractivity contribution in [1.29, 1.82) is 0 Å². The van der Waals surface area contributed by atoms with Gasteiger partial charge in [-0.05, 0) is 63.1 Å². The van der Waals surface area contributed by atoms with Crippen LogP contribution in [0.25, 0.3) is 0 Å². The molecular formula is C19H22F2N2O. The second-order valence-corrected chi connectivity index (χ2v) is 5.55. The molecule has 0 bridgehead atoms. The third-order valence-corrected chi connectivity index (χ3v) is 3.78. The van der Waals surface area contributed by atoms with E-state index in [-0.39, 0.29) is 5.75 Å². The first kappa shape index (κ1) is 17.9. The number of ether oxygens (including phenoxy) is 1. The van der Waals surface area contributed by atoms with Crippen LogP contribution >= 0.6 is 0 Å². The molecule has 0 N–H and O–H groups in total. The number of nitrogens with zero attached hydrogens (tertiary/aromatic N) is 2. The van der Waals surface area contributed by atoms with Crippen LogP contribution in [0.5, 0.6) is 11.5 Å². The summed E-state index contributed by atoms with van der Waals surface area (Å²) >= 11 is 0. The lowest BCUT2D eigenvalue weighted by Crippen LogP contribution is -2.20. The fourth-order valence-electron chi connectivity index (χ4n) is 2.22. The Morgan fingerprint density at radius 1 is 1.00 bits per heavy atom. The molecule has 2 rings (SSSR count). The highest BCUT2D eigenvalue weighted by Gasteiger charge is 2.09. The molecule has 0 radical (unpaired) electrons. The van der Waals surface area contributed by atoms with Crippen LogP contribution in [-0.2, 0) is 0 Å². The first-order valence-electron chi connectivity index (χ1n) is 7.97. The van der Waals surface area contributed by atoms with Gasteiger partial charge in [0, 0.05) is 19.2 Å². The topological polar surface area (TPSA) is 24.8 Å². The Bertz CT molecular complexity index is 740. The van der Waals surface area contributed by atoms with Crippen molar-refractivity contribution in [2.24, 2.45) is 4.99 Å². The van der Waals surface area contributed by atoms with Gasteiger partial charge in [-0.2, -0.15) is 0 Å². The zero-order chi connectivity index (χ0) is 17.7. The summed E-state index contributed by atoms with van der Waals surface area (Å²) in [6.45, 7) is 9.78. The normalized spacial score (nSPS) is 11.1. The maximum Gasteiger partial charge on any atom is 0.162 e. The Balaban J connectivity index is 2.24. The van der Waals surface area contributed by atoms with E-state index < -0.39 is 11.6 Å². The SMILES string of the molecule is CCN(/C=N/c1cc(C)c(Oc2ccc(F)c(F)c2)cc1C)CC. The maximum atomic E-state index is 13.3. The third kappa shape index (κ3) is 4.31. The van der Waals surface area contributed by atoms with Gasteiger partial charge in [-0.1, -0.05) is 0 Å². The molecular weight excluding hydrogens is 310 g/mol. The number of aryl methyl sites for hydroxylation is 2. The van der Waals surface area contributed by atoms with Gasteiger partial charge in [0.2, 0.25) is 0 Å². The molecule has 128 valence electrons. The minimum atomic E-state index is -0.928. The molecule has 0 fully saturated rings. The molecule has 0 aliphatic heterocycles. The molecule has 0 saturated heterocycles. The Labute approximate surface area is 141 Å². The van der Waals surface area contributed by atoms with Crippen LogP contribution in [0.3, 0.4) is 0 Å². The van der Waals surface area contributed by atoms with Crippen molar-refractivity contribution in [2.45, 2.75) is 27.7 Å². The number of hydrogen-bond donors (Lipinski definition) is 0. The average molecular weight is 332 g/mol. The van der Waals surface area contributed by atoms with Crippen LogP contribution in [0.15, 0.2) is 35.3 Å². The summed E-state index contributed by atoms with van der Waals surface area (Å²) in [7, 11) is 0. The Hall–Kier alpha value is -2.43. The second kappa shape index (κ2) is 7.90. The number of benzene rings is 2. The van der Waals surface area contributed by atoms with E-state index in [1.54, 1.807) is 0 Å². The standard InChI is InChI=1S/C19H22F2N2O/c1-5-23(6-2)12-22-18-9-14(4)19(10-13(18)3)24-15-7-8-16(20)17(21)11-15/h7-12H,5-6H2,1-4H3/b22-12+. The van der Waals surface area contributed by atoms with Crippen molar-refractivity contribution in [3.8, 4) is 11.5 Å². The van der Waals surface area contributed by atoms with Crippen molar-refractivity contribution in [2.75, 3.05) is 13.1 Å². The van der Waals surface area contributed by atoms with Gasteiger partial charge in [0.25, 0.3) is 0 Å². The number of halogens is 2. The second-order valence-electron chi connectivity index (χ2n) is 5.55. The van der Waals surface area contributed by atoms with Gasteiger partial charge >= 0.3 is 0 Å². The molecule has 24 heavy (non-hydrogen) atoms. The zero-order valence-corrected chi connectivity index (χ0v) is 14.4. The van der Waals surface area contributed by atoms with E-state index in [4.69, 9.17) is 4.74 Å². The first-order chi connectivity index (χ1) is 11.4. The van der Waals surface area contributed by atoms with Crippen molar-refractivity contribution in [1.82, 2.24) is 4.90 Å².